The monoisotopic (exact) mass is 583 g/mol. The van der Waals surface area contributed by atoms with Crippen molar-refractivity contribution in [2.45, 2.75) is 26.8 Å². The smallest absolute Gasteiger partial charge is 0.248 e. The maximum atomic E-state index is 12.8. The molecular formula is C29H38ClN7O2S. The van der Waals surface area contributed by atoms with Gasteiger partial charge >= 0.3 is 0 Å². The molecule has 1 aliphatic rings. The number of likely N-dealkylation sites (N-methyl/N-ethyl adjacent to an activating group) is 2. The highest BCUT2D eigenvalue weighted by molar-refractivity contribution is 7.10. The SMILES string of the molecule is COc1cc(N(C)CCN(C)C)c(NC(=O)/C=C/C(C)C)cc1Nc1ncc(Cl)c(N2CCc3sccc3C2)n1. The van der Waals surface area contributed by atoms with Crippen LogP contribution in [-0.4, -0.2) is 68.7 Å². The Morgan fingerprint density at radius 1 is 1.25 bits per heavy atom. The fraction of sp³-hybridized carbons (Fsp3) is 0.414. The maximum absolute atomic E-state index is 12.8. The first kappa shape index (κ1) is 29.6. The molecule has 11 heteroatoms. The molecule has 9 nitrogen and oxygen atoms in total. The molecule has 0 atom stereocenters. The Morgan fingerprint density at radius 2 is 2.05 bits per heavy atom. The Kier molecular flexibility index (Phi) is 9.89. The highest BCUT2D eigenvalue weighted by atomic mass is 35.5. The number of nitrogens with one attached hydrogen (secondary N) is 2. The zero-order valence-corrected chi connectivity index (χ0v) is 25.6. The summed E-state index contributed by atoms with van der Waals surface area (Å²) in [6.45, 7) is 7.27. The quantitative estimate of drug-likeness (QED) is 0.280. The summed E-state index contributed by atoms with van der Waals surface area (Å²) in [5.41, 5.74) is 3.43. The summed E-state index contributed by atoms with van der Waals surface area (Å²) in [6, 6.07) is 5.94. The first-order chi connectivity index (χ1) is 19.1. The van der Waals surface area contributed by atoms with E-state index in [1.807, 2.05) is 53.2 Å². The number of thiophene rings is 1. The number of carbonyl (C=O) groups is 1. The summed E-state index contributed by atoms with van der Waals surface area (Å²) < 4.78 is 5.76. The molecule has 1 amide bonds. The van der Waals surface area contributed by atoms with E-state index in [1.54, 1.807) is 30.7 Å². The van der Waals surface area contributed by atoms with Gasteiger partial charge < -0.3 is 30.1 Å². The van der Waals surface area contributed by atoms with E-state index in [4.69, 9.17) is 21.3 Å². The molecule has 3 heterocycles. The van der Waals surface area contributed by atoms with Crippen molar-refractivity contribution >= 4 is 57.7 Å². The van der Waals surface area contributed by atoms with Crippen molar-refractivity contribution < 1.29 is 9.53 Å². The molecule has 0 saturated carbocycles. The molecule has 0 bridgehead atoms. The van der Waals surface area contributed by atoms with Gasteiger partial charge in [-0.05, 0) is 55.6 Å². The van der Waals surface area contributed by atoms with Crippen LogP contribution in [-0.2, 0) is 17.8 Å². The van der Waals surface area contributed by atoms with Gasteiger partial charge in [0.05, 0.1) is 30.4 Å². The number of amides is 1. The molecule has 2 aromatic heterocycles. The largest absolute Gasteiger partial charge is 0.494 e. The van der Waals surface area contributed by atoms with Gasteiger partial charge in [-0.1, -0.05) is 31.5 Å². The number of aromatic nitrogens is 2. The van der Waals surface area contributed by atoms with E-state index < -0.39 is 0 Å². The van der Waals surface area contributed by atoms with Gasteiger partial charge in [0.25, 0.3) is 0 Å². The molecule has 2 N–H and O–H groups in total. The molecule has 0 unspecified atom stereocenters. The molecule has 0 spiro atoms. The summed E-state index contributed by atoms with van der Waals surface area (Å²) in [7, 11) is 7.68. The number of rotatable bonds is 11. The van der Waals surface area contributed by atoms with E-state index in [0.29, 0.717) is 33.9 Å². The van der Waals surface area contributed by atoms with Crippen LogP contribution >= 0.6 is 22.9 Å². The number of hydrogen-bond donors (Lipinski definition) is 2. The summed E-state index contributed by atoms with van der Waals surface area (Å²) in [6.07, 6.45) is 6.01. The average Bonchev–Trinajstić information content (AvgIpc) is 3.40. The number of carbonyl (C=O) groups excluding carboxylic acids is 1. The van der Waals surface area contributed by atoms with Gasteiger partial charge in [-0.2, -0.15) is 4.98 Å². The second kappa shape index (κ2) is 13.3. The lowest BCUT2D eigenvalue weighted by atomic mass is 10.1. The van der Waals surface area contributed by atoms with Crippen molar-refractivity contribution in [1.29, 1.82) is 0 Å². The highest BCUT2D eigenvalue weighted by Gasteiger charge is 2.22. The number of ether oxygens (including phenoxy) is 1. The summed E-state index contributed by atoms with van der Waals surface area (Å²) in [5, 5.41) is 8.97. The third kappa shape index (κ3) is 7.44. The lowest BCUT2D eigenvalue weighted by molar-refractivity contribution is -0.111. The van der Waals surface area contributed by atoms with Gasteiger partial charge in [0.1, 0.15) is 10.8 Å². The molecule has 4 rings (SSSR count). The third-order valence-electron chi connectivity index (χ3n) is 6.58. The van der Waals surface area contributed by atoms with E-state index in [2.05, 4.69) is 41.8 Å². The second-order valence-electron chi connectivity index (χ2n) is 10.4. The van der Waals surface area contributed by atoms with Gasteiger partial charge in [0.2, 0.25) is 11.9 Å². The minimum Gasteiger partial charge on any atom is -0.494 e. The predicted octanol–water partition coefficient (Wildman–Crippen LogP) is 5.65. The van der Waals surface area contributed by atoms with Crippen molar-refractivity contribution in [2.24, 2.45) is 5.92 Å². The van der Waals surface area contributed by atoms with Crippen molar-refractivity contribution in [3.05, 3.63) is 57.4 Å². The van der Waals surface area contributed by atoms with Crippen LogP contribution in [0.3, 0.4) is 0 Å². The minimum atomic E-state index is -0.199. The van der Waals surface area contributed by atoms with Crippen LogP contribution in [0.4, 0.5) is 28.8 Å². The number of benzene rings is 1. The lowest BCUT2D eigenvalue weighted by Gasteiger charge is -2.29. The molecule has 0 radical (unpaired) electrons. The number of fused-ring (bicyclic) bond motifs is 1. The fourth-order valence-electron chi connectivity index (χ4n) is 4.37. The number of nitrogens with zero attached hydrogens (tertiary/aromatic N) is 5. The van der Waals surface area contributed by atoms with Crippen LogP contribution in [0, 0.1) is 5.92 Å². The molecule has 40 heavy (non-hydrogen) atoms. The predicted molar refractivity (Wildman–Crippen MR) is 167 cm³/mol. The minimum absolute atomic E-state index is 0.199. The van der Waals surface area contributed by atoms with Crippen LogP contribution in [0.25, 0.3) is 0 Å². The van der Waals surface area contributed by atoms with Gasteiger partial charge in [0.15, 0.2) is 5.82 Å². The van der Waals surface area contributed by atoms with Crippen LogP contribution in [0.2, 0.25) is 5.02 Å². The van der Waals surface area contributed by atoms with Gasteiger partial charge in [-0.15, -0.1) is 11.3 Å². The fourth-order valence-corrected chi connectivity index (χ4v) is 5.47. The van der Waals surface area contributed by atoms with Gasteiger partial charge in [-0.25, -0.2) is 4.98 Å². The third-order valence-corrected chi connectivity index (χ3v) is 7.87. The van der Waals surface area contributed by atoms with Crippen molar-refractivity contribution in [3.8, 4) is 5.75 Å². The van der Waals surface area contributed by atoms with Gasteiger partial charge in [0, 0.05) is 44.2 Å². The zero-order valence-electron chi connectivity index (χ0n) is 24.0. The van der Waals surface area contributed by atoms with Crippen molar-refractivity contribution in [1.82, 2.24) is 14.9 Å². The molecule has 214 valence electrons. The molecule has 0 aliphatic carbocycles. The average molecular weight is 584 g/mol. The lowest BCUT2D eigenvalue weighted by Crippen LogP contribution is -2.30. The highest BCUT2D eigenvalue weighted by Crippen LogP contribution is 2.38. The summed E-state index contributed by atoms with van der Waals surface area (Å²) in [4.78, 5) is 29.8. The molecule has 3 aromatic rings. The van der Waals surface area contributed by atoms with E-state index in [-0.39, 0.29) is 11.8 Å². The van der Waals surface area contributed by atoms with Crippen LogP contribution in [0.1, 0.15) is 24.3 Å². The van der Waals surface area contributed by atoms with E-state index in [9.17, 15) is 4.79 Å². The standard InChI is InChI=1S/C29H38ClN7O2S/c1-19(2)7-8-27(38)32-22-15-23(25(39-6)16-24(22)36(5)13-12-35(3)4)33-29-31-17-21(30)28(34-29)37-11-9-26-20(18-37)10-14-40-26/h7-8,10,14-17,19H,9,11-13,18H2,1-6H3,(H,32,38)(H,31,33,34)/b8-7+. The molecule has 1 aliphatic heterocycles. The molecule has 1 aromatic carbocycles. The number of methoxy groups -OCH3 is 1. The topological polar surface area (TPSA) is 85.9 Å². The Hall–Kier alpha value is -3.34. The Morgan fingerprint density at radius 3 is 2.77 bits per heavy atom. The first-order valence-electron chi connectivity index (χ1n) is 13.3. The van der Waals surface area contributed by atoms with E-state index in [0.717, 1.165) is 38.3 Å². The molecule has 0 fully saturated rings. The number of anilines is 5. The summed E-state index contributed by atoms with van der Waals surface area (Å²) in [5.74, 6) is 1.74. The second-order valence-corrected chi connectivity index (χ2v) is 11.8. The zero-order chi connectivity index (χ0) is 28.8. The summed E-state index contributed by atoms with van der Waals surface area (Å²) >= 11 is 8.35. The normalized spacial score (nSPS) is 13.2. The Balaban J connectivity index is 1.65. The Bertz CT molecular complexity index is 1360. The number of allylic oxidation sites excluding steroid dienone is 1. The number of halogens is 1. The van der Waals surface area contributed by atoms with Crippen LogP contribution in [0.5, 0.6) is 5.75 Å². The van der Waals surface area contributed by atoms with Crippen molar-refractivity contribution in [2.75, 3.05) is 68.3 Å². The maximum Gasteiger partial charge on any atom is 0.248 e. The van der Waals surface area contributed by atoms with Gasteiger partial charge in [-0.3, -0.25) is 4.79 Å². The Labute approximate surface area is 245 Å². The number of hydrogen-bond acceptors (Lipinski definition) is 9. The first-order valence-corrected chi connectivity index (χ1v) is 14.6. The van der Waals surface area contributed by atoms with Crippen LogP contribution in [0.15, 0.2) is 41.9 Å². The molecular weight excluding hydrogens is 546 g/mol. The van der Waals surface area contributed by atoms with Crippen molar-refractivity contribution in [3.63, 3.8) is 0 Å². The molecule has 0 saturated heterocycles. The van der Waals surface area contributed by atoms with E-state index in [1.165, 1.54) is 10.4 Å². The van der Waals surface area contributed by atoms with Crippen LogP contribution < -0.4 is 25.2 Å². The van der Waals surface area contributed by atoms with E-state index >= 15 is 0 Å².